The van der Waals surface area contributed by atoms with Crippen molar-refractivity contribution in [1.29, 1.82) is 0 Å². The van der Waals surface area contributed by atoms with Crippen LogP contribution < -0.4 is 10.9 Å². The van der Waals surface area contributed by atoms with Crippen molar-refractivity contribution >= 4 is 35.2 Å². The van der Waals surface area contributed by atoms with Gasteiger partial charge in [-0.05, 0) is 24.3 Å². The van der Waals surface area contributed by atoms with Crippen LogP contribution in [-0.2, 0) is 16.0 Å². The highest BCUT2D eigenvalue weighted by molar-refractivity contribution is 8.00. The largest absolute Gasteiger partial charge is 0.273 e. The zero-order valence-corrected chi connectivity index (χ0v) is 13.9. The molecule has 0 fully saturated rings. The van der Waals surface area contributed by atoms with Crippen LogP contribution in [0.5, 0.6) is 0 Å². The summed E-state index contributed by atoms with van der Waals surface area (Å²) in [6.07, 6.45) is -0.313. The van der Waals surface area contributed by atoms with Crippen LogP contribution in [0.25, 0.3) is 0 Å². The molecule has 8 heteroatoms. The monoisotopic (exact) mass is 370 g/mol. The lowest BCUT2D eigenvalue weighted by Gasteiger charge is -2.09. The lowest BCUT2D eigenvalue weighted by Crippen LogP contribution is -2.43. The van der Waals surface area contributed by atoms with Gasteiger partial charge >= 0.3 is 0 Å². The Labute approximate surface area is 146 Å². The molecule has 0 aliphatic rings. The van der Waals surface area contributed by atoms with E-state index in [4.69, 9.17) is 11.6 Å². The predicted molar refractivity (Wildman–Crippen MR) is 88.5 cm³/mol. The molecule has 0 saturated carbocycles. The number of carbonyl (C=O) groups is 2. The highest BCUT2D eigenvalue weighted by Gasteiger charge is 2.13. The molecular weight excluding hydrogens is 358 g/mol. The fraction of sp³-hybridized carbons (Fsp3) is 0.125. The van der Waals surface area contributed by atoms with Gasteiger partial charge in [-0.25, -0.2) is 8.78 Å². The van der Waals surface area contributed by atoms with Gasteiger partial charge in [-0.2, -0.15) is 0 Å². The zero-order valence-electron chi connectivity index (χ0n) is 12.3. The van der Waals surface area contributed by atoms with E-state index in [2.05, 4.69) is 10.9 Å². The summed E-state index contributed by atoms with van der Waals surface area (Å²) in [6.45, 7) is 0. The number of thioether (sulfide) groups is 1. The number of hydrazine groups is 1. The number of benzene rings is 2. The van der Waals surface area contributed by atoms with E-state index in [0.717, 1.165) is 11.8 Å². The Kier molecular flexibility index (Phi) is 6.57. The standard InChI is InChI=1S/C16H13ClF2N2O2S/c17-11-4-3-6-12(18)10(11)8-15(22)20-21-16(23)9-24-14-7-2-1-5-13(14)19/h1-7H,8-9H2,(H,20,22)(H,21,23). The first kappa shape index (κ1) is 18.2. The van der Waals surface area contributed by atoms with Crippen LogP contribution in [-0.4, -0.2) is 17.6 Å². The summed E-state index contributed by atoms with van der Waals surface area (Å²) in [5.41, 5.74) is 4.40. The molecule has 24 heavy (non-hydrogen) atoms. The lowest BCUT2D eigenvalue weighted by molar-refractivity contribution is -0.127. The Balaban J connectivity index is 1.79. The quantitative estimate of drug-likeness (QED) is 0.628. The lowest BCUT2D eigenvalue weighted by atomic mass is 10.1. The first-order chi connectivity index (χ1) is 11.5. The van der Waals surface area contributed by atoms with Crippen molar-refractivity contribution in [3.05, 3.63) is 64.7 Å². The molecule has 0 saturated heterocycles. The molecular formula is C16H13ClF2N2O2S. The third kappa shape index (κ3) is 5.21. The predicted octanol–water partition coefficient (Wildman–Crippen LogP) is 3.10. The molecule has 0 unspecified atom stereocenters. The summed E-state index contributed by atoms with van der Waals surface area (Å²) >= 11 is 6.82. The summed E-state index contributed by atoms with van der Waals surface area (Å²) in [4.78, 5) is 23.7. The fourth-order valence-electron chi connectivity index (χ4n) is 1.79. The minimum absolute atomic E-state index is 0.0478. The fourth-order valence-corrected chi connectivity index (χ4v) is 2.76. The van der Waals surface area contributed by atoms with Gasteiger partial charge in [-0.1, -0.05) is 29.8 Å². The van der Waals surface area contributed by atoms with Crippen LogP contribution in [0.1, 0.15) is 5.56 Å². The first-order valence-corrected chi connectivity index (χ1v) is 8.21. The second-order valence-corrected chi connectivity index (χ2v) is 6.12. The summed E-state index contributed by atoms with van der Waals surface area (Å²) in [6, 6.07) is 10.1. The van der Waals surface area contributed by atoms with Crippen LogP contribution in [0.3, 0.4) is 0 Å². The number of nitrogens with one attached hydrogen (secondary N) is 2. The Morgan fingerprint density at radius 2 is 1.62 bits per heavy atom. The number of carbonyl (C=O) groups excluding carboxylic acids is 2. The third-order valence-electron chi connectivity index (χ3n) is 2.94. The Morgan fingerprint density at radius 1 is 0.958 bits per heavy atom. The average Bonchev–Trinajstić information content (AvgIpc) is 2.56. The summed E-state index contributed by atoms with van der Waals surface area (Å²) in [5.74, 6) is -2.24. The van der Waals surface area contributed by atoms with Crippen LogP contribution in [0.2, 0.25) is 5.02 Å². The molecule has 126 valence electrons. The molecule has 0 aromatic heterocycles. The van der Waals surface area contributed by atoms with Gasteiger partial charge in [0, 0.05) is 15.5 Å². The average molecular weight is 371 g/mol. The highest BCUT2D eigenvalue weighted by Crippen LogP contribution is 2.21. The van der Waals surface area contributed by atoms with E-state index in [1.807, 2.05) is 0 Å². The number of rotatable bonds is 5. The van der Waals surface area contributed by atoms with Gasteiger partial charge < -0.3 is 0 Å². The maximum Gasteiger partial charge on any atom is 0.248 e. The number of hydrogen-bond donors (Lipinski definition) is 2. The van der Waals surface area contributed by atoms with Crippen LogP contribution in [0.4, 0.5) is 8.78 Å². The minimum atomic E-state index is -0.619. The van der Waals surface area contributed by atoms with Gasteiger partial charge in [-0.3, -0.25) is 20.4 Å². The molecule has 2 aromatic carbocycles. The van der Waals surface area contributed by atoms with E-state index in [-0.39, 0.29) is 22.8 Å². The second-order valence-electron chi connectivity index (χ2n) is 4.69. The van der Waals surface area contributed by atoms with Crippen molar-refractivity contribution in [2.45, 2.75) is 11.3 Å². The van der Waals surface area contributed by atoms with Gasteiger partial charge in [0.25, 0.3) is 0 Å². The molecule has 2 amide bonds. The van der Waals surface area contributed by atoms with Gasteiger partial charge in [0.1, 0.15) is 11.6 Å². The summed E-state index contributed by atoms with van der Waals surface area (Å²) in [5, 5.41) is 0.131. The molecule has 0 aliphatic heterocycles. The van der Waals surface area contributed by atoms with E-state index in [9.17, 15) is 18.4 Å². The molecule has 2 aromatic rings. The molecule has 0 spiro atoms. The smallest absolute Gasteiger partial charge is 0.248 e. The molecule has 2 N–H and O–H groups in total. The maximum absolute atomic E-state index is 13.6. The van der Waals surface area contributed by atoms with Crippen molar-refractivity contribution in [3.63, 3.8) is 0 Å². The molecule has 0 atom stereocenters. The first-order valence-electron chi connectivity index (χ1n) is 6.85. The number of amides is 2. The maximum atomic E-state index is 13.6. The zero-order chi connectivity index (χ0) is 17.5. The third-order valence-corrected chi connectivity index (χ3v) is 4.34. The van der Waals surface area contributed by atoms with Crippen molar-refractivity contribution in [1.82, 2.24) is 10.9 Å². The molecule has 4 nitrogen and oxygen atoms in total. The van der Waals surface area contributed by atoms with E-state index in [1.54, 1.807) is 18.2 Å². The van der Waals surface area contributed by atoms with Crippen LogP contribution in [0.15, 0.2) is 47.4 Å². The SMILES string of the molecule is O=C(CSc1ccccc1F)NNC(=O)Cc1c(F)cccc1Cl. The Bertz CT molecular complexity index is 738. The van der Waals surface area contributed by atoms with E-state index >= 15 is 0 Å². The molecule has 2 rings (SSSR count). The topological polar surface area (TPSA) is 58.2 Å². The van der Waals surface area contributed by atoms with Crippen molar-refractivity contribution in [2.75, 3.05) is 5.75 Å². The van der Waals surface area contributed by atoms with Crippen LogP contribution in [0, 0.1) is 11.6 Å². The molecule has 0 bridgehead atoms. The minimum Gasteiger partial charge on any atom is -0.273 e. The van der Waals surface area contributed by atoms with Crippen molar-refractivity contribution in [2.24, 2.45) is 0 Å². The second kappa shape index (κ2) is 8.65. The Hall–Kier alpha value is -2.12. The highest BCUT2D eigenvalue weighted by atomic mass is 35.5. The van der Waals surface area contributed by atoms with Crippen molar-refractivity contribution < 1.29 is 18.4 Å². The number of halogens is 3. The number of hydrogen-bond acceptors (Lipinski definition) is 3. The molecule has 0 heterocycles. The molecule has 0 aliphatic carbocycles. The summed E-state index contributed by atoms with van der Waals surface area (Å²) < 4.78 is 27.0. The van der Waals surface area contributed by atoms with Gasteiger partial charge in [-0.15, -0.1) is 11.8 Å². The van der Waals surface area contributed by atoms with E-state index < -0.39 is 23.4 Å². The molecule has 0 radical (unpaired) electrons. The van der Waals surface area contributed by atoms with Gasteiger partial charge in [0.05, 0.1) is 12.2 Å². The van der Waals surface area contributed by atoms with E-state index in [1.165, 1.54) is 24.3 Å². The summed E-state index contributed by atoms with van der Waals surface area (Å²) in [7, 11) is 0. The van der Waals surface area contributed by atoms with Gasteiger partial charge in [0.2, 0.25) is 11.8 Å². The van der Waals surface area contributed by atoms with Gasteiger partial charge in [0.15, 0.2) is 0 Å². The van der Waals surface area contributed by atoms with E-state index in [0.29, 0.717) is 4.90 Å². The van der Waals surface area contributed by atoms with Crippen LogP contribution >= 0.6 is 23.4 Å². The normalized spacial score (nSPS) is 10.3. The Morgan fingerprint density at radius 3 is 2.33 bits per heavy atom. The van der Waals surface area contributed by atoms with Crippen molar-refractivity contribution in [3.8, 4) is 0 Å².